The zero-order chi connectivity index (χ0) is 13.8. The molecule has 20 heavy (non-hydrogen) atoms. The fourth-order valence-electron chi connectivity index (χ4n) is 3.37. The fraction of sp³-hybridized carbons (Fsp3) is 0.333. The van der Waals surface area contributed by atoms with Gasteiger partial charge in [-0.3, -0.25) is 0 Å². The predicted octanol–water partition coefficient (Wildman–Crippen LogP) is 2.19. The number of rotatable bonds is 4. The maximum Gasteiger partial charge on any atom is 0.148 e. The molecular weight excluding hydrogens is 246 g/mol. The highest BCUT2D eigenvalue weighted by Crippen LogP contribution is 2.35. The Balaban J connectivity index is 1.84. The molecule has 0 spiro atoms. The Morgan fingerprint density at radius 2 is 1.65 bits per heavy atom. The lowest BCUT2D eigenvalue weighted by molar-refractivity contribution is -0.756. The molecule has 104 valence electrons. The van der Waals surface area contributed by atoms with E-state index in [0.717, 1.165) is 25.8 Å². The molecule has 2 atom stereocenters. The lowest BCUT2D eigenvalue weighted by Gasteiger charge is -2.31. The Morgan fingerprint density at radius 1 is 1.00 bits per heavy atom. The van der Waals surface area contributed by atoms with Crippen molar-refractivity contribution in [3.8, 4) is 0 Å². The molecule has 2 heteroatoms. The molecule has 0 saturated heterocycles. The van der Waals surface area contributed by atoms with E-state index in [9.17, 15) is 5.11 Å². The van der Waals surface area contributed by atoms with E-state index in [0.29, 0.717) is 0 Å². The van der Waals surface area contributed by atoms with Crippen LogP contribution in [0.25, 0.3) is 0 Å². The highest BCUT2D eigenvalue weighted by atomic mass is 16.3. The van der Waals surface area contributed by atoms with Gasteiger partial charge in [-0.25, -0.2) is 0 Å². The van der Waals surface area contributed by atoms with Crippen LogP contribution in [0.2, 0.25) is 0 Å². The topological polar surface area (TPSA) is 36.8 Å². The van der Waals surface area contributed by atoms with Gasteiger partial charge in [0.05, 0.1) is 0 Å². The van der Waals surface area contributed by atoms with Crippen LogP contribution in [0.3, 0.4) is 0 Å². The first-order chi connectivity index (χ1) is 9.81. The van der Waals surface area contributed by atoms with Gasteiger partial charge in [0.25, 0.3) is 0 Å². The summed E-state index contributed by atoms with van der Waals surface area (Å²) in [6.45, 7) is 0.910. The SMILES string of the molecule is O[C@@H]1CCC[C@]1([NH2+]Cc1ccccc1)c1ccccc1. The molecule has 1 fully saturated rings. The highest BCUT2D eigenvalue weighted by molar-refractivity contribution is 5.25. The summed E-state index contributed by atoms with van der Waals surface area (Å²) in [5.74, 6) is 0. The molecule has 0 heterocycles. The zero-order valence-electron chi connectivity index (χ0n) is 11.7. The Bertz CT molecular complexity index is 540. The van der Waals surface area contributed by atoms with Crippen molar-refractivity contribution in [2.75, 3.05) is 0 Å². The lowest BCUT2D eigenvalue weighted by Crippen LogP contribution is -2.95. The van der Waals surface area contributed by atoms with Gasteiger partial charge in [-0.05, 0) is 12.8 Å². The van der Waals surface area contributed by atoms with Gasteiger partial charge in [-0.1, -0.05) is 60.7 Å². The van der Waals surface area contributed by atoms with Crippen LogP contribution < -0.4 is 5.32 Å². The third-order valence-corrected chi connectivity index (χ3v) is 4.52. The van der Waals surface area contributed by atoms with E-state index in [1.54, 1.807) is 0 Å². The molecule has 2 nitrogen and oxygen atoms in total. The van der Waals surface area contributed by atoms with Crippen molar-refractivity contribution in [2.45, 2.75) is 37.5 Å². The molecule has 1 saturated carbocycles. The van der Waals surface area contributed by atoms with Crippen LogP contribution in [0.15, 0.2) is 60.7 Å². The molecule has 0 aromatic heterocycles. The van der Waals surface area contributed by atoms with E-state index < -0.39 is 0 Å². The van der Waals surface area contributed by atoms with Crippen molar-refractivity contribution in [3.05, 3.63) is 71.8 Å². The van der Waals surface area contributed by atoms with Gasteiger partial charge in [-0.15, -0.1) is 0 Å². The first kappa shape index (κ1) is 13.3. The van der Waals surface area contributed by atoms with E-state index in [1.165, 1.54) is 11.1 Å². The molecule has 0 unspecified atom stereocenters. The second kappa shape index (κ2) is 5.78. The highest BCUT2D eigenvalue weighted by Gasteiger charge is 2.46. The number of aliphatic hydroxyl groups is 1. The van der Waals surface area contributed by atoms with Crippen LogP contribution in [-0.4, -0.2) is 11.2 Å². The molecule has 0 aliphatic heterocycles. The first-order valence-electron chi connectivity index (χ1n) is 7.43. The second-order valence-corrected chi connectivity index (χ2v) is 5.71. The van der Waals surface area contributed by atoms with Crippen LogP contribution in [0.4, 0.5) is 0 Å². The van der Waals surface area contributed by atoms with E-state index in [2.05, 4.69) is 53.8 Å². The Hall–Kier alpha value is -1.64. The van der Waals surface area contributed by atoms with Gasteiger partial charge < -0.3 is 10.4 Å². The molecule has 2 aromatic carbocycles. The smallest absolute Gasteiger partial charge is 0.148 e. The van der Waals surface area contributed by atoms with Crippen molar-refractivity contribution in [1.82, 2.24) is 0 Å². The number of hydrogen-bond acceptors (Lipinski definition) is 1. The number of aliphatic hydroxyl groups excluding tert-OH is 1. The van der Waals surface area contributed by atoms with Gasteiger partial charge in [0.1, 0.15) is 18.2 Å². The van der Waals surface area contributed by atoms with Crippen LogP contribution in [0.1, 0.15) is 30.4 Å². The van der Waals surface area contributed by atoms with Gasteiger partial charge in [-0.2, -0.15) is 0 Å². The molecule has 3 N–H and O–H groups in total. The summed E-state index contributed by atoms with van der Waals surface area (Å²) < 4.78 is 0. The molecule has 3 rings (SSSR count). The maximum atomic E-state index is 10.5. The van der Waals surface area contributed by atoms with E-state index in [-0.39, 0.29) is 11.6 Å². The largest absolute Gasteiger partial charge is 0.386 e. The number of benzene rings is 2. The summed E-state index contributed by atoms with van der Waals surface area (Å²) in [5.41, 5.74) is 2.39. The van der Waals surface area contributed by atoms with Crippen molar-refractivity contribution < 1.29 is 10.4 Å². The summed E-state index contributed by atoms with van der Waals surface area (Å²) in [6.07, 6.45) is 2.79. The van der Waals surface area contributed by atoms with Crippen LogP contribution >= 0.6 is 0 Å². The average molecular weight is 268 g/mol. The van der Waals surface area contributed by atoms with Crippen LogP contribution in [-0.2, 0) is 12.1 Å². The number of quaternary nitrogens is 1. The summed E-state index contributed by atoms with van der Waals surface area (Å²) in [4.78, 5) is 0. The maximum absolute atomic E-state index is 10.5. The number of nitrogens with two attached hydrogens (primary N) is 1. The van der Waals surface area contributed by atoms with Crippen molar-refractivity contribution >= 4 is 0 Å². The third-order valence-electron chi connectivity index (χ3n) is 4.52. The van der Waals surface area contributed by atoms with Crippen molar-refractivity contribution in [2.24, 2.45) is 0 Å². The summed E-state index contributed by atoms with van der Waals surface area (Å²) in [5, 5.41) is 12.9. The van der Waals surface area contributed by atoms with Gasteiger partial charge in [0.15, 0.2) is 0 Å². The van der Waals surface area contributed by atoms with Gasteiger partial charge in [0.2, 0.25) is 0 Å². The monoisotopic (exact) mass is 268 g/mol. The molecular formula is C18H22NO+. The van der Waals surface area contributed by atoms with Crippen LogP contribution in [0.5, 0.6) is 0 Å². The Morgan fingerprint density at radius 3 is 2.25 bits per heavy atom. The minimum absolute atomic E-state index is 0.170. The second-order valence-electron chi connectivity index (χ2n) is 5.71. The van der Waals surface area contributed by atoms with E-state index in [4.69, 9.17) is 0 Å². The average Bonchev–Trinajstić information content (AvgIpc) is 2.89. The lowest BCUT2D eigenvalue weighted by atomic mass is 9.86. The van der Waals surface area contributed by atoms with Crippen molar-refractivity contribution in [3.63, 3.8) is 0 Å². The molecule has 1 aliphatic rings. The van der Waals surface area contributed by atoms with E-state index in [1.807, 2.05) is 12.1 Å². The fourth-order valence-corrected chi connectivity index (χ4v) is 3.37. The predicted molar refractivity (Wildman–Crippen MR) is 80.0 cm³/mol. The van der Waals surface area contributed by atoms with E-state index >= 15 is 0 Å². The molecule has 1 aliphatic carbocycles. The first-order valence-corrected chi connectivity index (χ1v) is 7.43. The molecule has 0 bridgehead atoms. The minimum Gasteiger partial charge on any atom is -0.386 e. The van der Waals surface area contributed by atoms with Crippen molar-refractivity contribution in [1.29, 1.82) is 0 Å². The Kier molecular flexibility index (Phi) is 3.86. The van der Waals surface area contributed by atoms with Gasteiger partial charge >= 0.3 is 0 Å². The quantitative estimate of drug-likeness (QED) is 0.876. The zero-order valence-corrected chi connectivity index (χ0v) is 11.7. The summed E-state index contributed by atoms with van der Waals surface area (Å²) in [6, 6.07) is 21.0. The number of hydrogen-bond donors (Lipinski definition) is 2. The molecule has 0 radical (unpaired) electrons. The summed E-state index contributed by atoms with van der Waals surface area (Å²) >= 11 is 0. The Labute approximate surface area is 120 Å². The normalized spacial score (nSPS) is 25.8. The van der Waals surface area contributed by atoms with Crippen LogP contribution in [0, 0.1) is 0 Å². The third kappa shape index (κ3) is 2.49. The molecule has 0 amide bonds. The summed E-state index contributed by atoms with van der Waals surface area (Å²) in [7, 11) is 0. The standard InChI is InChI=1S/C18H21NO/c20-17-12-7-13-18(17,16-10-5-2-6-11-16)19-14-15-8-3-1-4-9-15/h1-6,8-11,17,19-20H,7,12-14H2/p+1/t17-,18+/m1/s1. The molecule has 2 aromatic rings. The van der Waals surface area contributed by atoms with Gasteiger partial charge in [0, 0.05) is 17.5 Å². The minimum atomic E-state index is -0.256.